The quantitative estimate of drug-likeness (QED) is 0.701. The average molecular weight is 341 g/mol. The highest BCUT2D eigenvalue weighted by atomic mass is 16.3. The minimum atomic E-state index is -0.627. The van der Waals surface area contributed by atoms with Crippen molar-refractivity contribution in [2.75, 3.05) is 13.1 Å². The first-order chi connectivity index (χ1) is 12.0. The number of carbonyl (C=O) groups excluding carboxylic acids is 2. The molecule has 132 valence electrons. The maximum atomic E-state index is 12.3. The van der Waals surface area contributed by atoms with Crippen LogP contribution in [0.3, 0.4) is 0 Å². The summed E-state index contributed by atoms with van der Waals surface area (Å²) in [5, 5.41) is 25.3. The molecule has 1 aromatic rings. The molecule has 2 fully saturated rings. The Labute approximate surface area is 147 Å². The molecule has 0 aromatic heterocycles. The Morgan fingerprint density at radius 2 is 1.92 bits per heavy atom. The number of rotatable bonds is 7. The van der Waals surface area contributed by atoms with Crippen LogP contribution in [0.25, 0.3) is 0 Å². The van der Waals surface area contributed by atoms with Gasteiger partial charge >= 0.3 is 0 Å². The van der Waals surface area contributed by atoms with E-state index in [1.54, 1.807) is 12.1 Å². The largest absolute Gasteiger partial charge is 0.508 e. The van der Waals surface area contributed by atoms with E-state index in [0.717, 1.165) is 38.5 Å². The summed E-state index contributed by atoms with van der Waals surface area (Å²) in [6.07, 6.45) is 5.61. The number of nitriles is 1. The van der Waals surface area contributed by atoms with E-state index in [-0.39, 0.29) is 30.2 Å². The molecule has 0 spiro atoms. The van der Waals surface area contributed by atoms with Crippen LogP contribution in [-0.2, 0) is 10.2 Å². The minimum Gasteiger partial charge on any atom is -0.508 e. The second kappa shape index (κ2) is 7.24. The highest BCUT2D eigenvalue weighted by Crippen LogP contribution is 2.41. The molecule has 6 nitrogen and oxygen atoms in total. The third-order valence-electron chi connectivity index (χ3n) is 5.02. The number of Topliss-reactive ketones (excluding diaryl/α,β-unsaturated/α-hetero) is 1. The second-order valence-corrected chi connectivity index (χ2v) is 7.05. The van der Waals surface area contributed by atoms with Crippen LogP contribution in [-0.4, -0.2) is 35.9 Å². The van der Waals surface area contributed by atoms with Gasteiger partial charge in [-0.2, -0.15) is 5.26 Å². The molecule has 2 saturated carbocycles. The van der Waals surface area contributed by atoms with Crippen molar-refractivity contribution in [3.63, 3.8) is 0 Å². The molecule has 0 unspecified atom stereocenters. The number of phenolic OH excluding ortho intramolecular Hbond substituents is 1. The zero-order valence-corrected chi connectivity index (χ0v) is 14.2. The Morgan fingerprint density at radius 3 is 2.56 bits per heavy atom. The Balaban J connectivity index is 1.65. The number of hydrogen-bond donors (Lipinski definition) is 3. The van der Waals surface area contributed by atoms with Gasteiger partial charge in [-0.15, -0.1) is 0 Å². The number of nitrogens with zero attached hydrogens (tertiary/aromatic N) is 1. The SMILES string of the molecule is N#CC1(c2cc(O)cc(C(=O)NCC(=O)CNC3CC3)c2)CCCC1. The van der Waals surface area contributed by atoms with Crippen molar-refractivity contribution in [3.8, 4) is 11.8 Å². The van der Waals surface area contributed by atoms with Crippen molar-refractivity contribution in [3.05, 3.63) is 29.3 Å². The van der Waals surface area contributed by atoms with E-state index in [1.807, 2.05) is 0 Å². The summed E-state index contributed by atoms with van der Waals surface area (Å²) < 4.78 is 0. The molecule has 1 amide bonds. The first kappa shape index (κ1) is 17.4. The van der Waals surface area contributed by atoms with Gasteiger partial charge in [0.15, 0.2) is 5.78 Å². The second-order valence-electron chi connectivity index (χ2n) is 7.05. The average Bonchev–Trinajstić information content (AvgIpc) is 3.31. The Bertz CT molecular complexity index is 713. The van der Waals surface area contributed by atoms with E-state index in [9.17, 15) is 20.0 Å². The molecular formula is C19H23N3O3. The van der Waals surface area contributed by atoms with Crippen molar-refractivity contribution in [2.45, 2.75) is 50.0 Å². The van der Waals surface area contributed by atoms with Crippen LogP contribution in [0.15, 0.2) is 18.2 Å². The number of hydrogen-bond acceptors (Lipinski definition) is 5. The zero-order valence-electron chi connectivity index (χ0n) is 14.2. The maximum absolute atomic E-state index is 12.3. The molecule has 0 atom stereocenters. The van der Waals surface area contributed by atoms with Crippen LogP contribution >= 0.6 is 0 Å². The fourth-order valence-electron chi connectivity index (χ4n) is 3.35. The lowest BCUT2D eigenvalue weighted by Crippen LogP contribution is -2.35. The monoisotopic (exact) mass is 341 g/mol. The molecule has 2 aliphatic rings. The van der Waals surface area contributed by atoms with Crippen LogP contribution in [0.2, 0.25) is 0 Å². The molecule has 25 heavy (non-hydrogen) atoms. The van der Waals surface area contributed by atoms with Crippen molar-refractivity contribution in [1.29, 1.82) is 5.26 Å². The molecule has 0 aliphatic heterocycles. The van der Waals surface area contributed by atoms with Crippen molar-refractivity contribution >= 4 is 11.7 Å². The molecule has 1 aromatic carbocycles. The number of nitrogens with one attached hydrogen (secondary N) is 2. The molecule has 3 N–H and O–H groups in total. The summed E-state index contributed by atoms with van der Waals surface area (Å²) in [6, 6.07) is 7.41. The predicted molar refractivity (Wildman–Crippen MR) is 92.2 cm³/mol. The van der Waals surface area contributed by atoms with E-state index >= 15 is 0 Å². The third-order valence-corrected chi connectivity index (χ3v) is 5.02. The number of amides is 1. The topological polar surface area (TPSA) is 102 Å². The van der Waals surface area contributed by atoms with Gasteiger partial charge in [-0.3, -0.25) is 9.59 Å². The van der Waals surface area contributed by atoms with Gasteiger partial charge in [-0.05, 0) is 49.4 Å². The zero-order chi connectivity index (χ0) is 17.9. The van der Waals surface area contributed by atoms with Gasteiger partial charge in [0, 0.05) is 11.6 Å². The highest BCUT2D eigenvalue weighted by Gasteiger charge is 2.36. The van der Waals surface area contributed by atoms with Gasteiger partial charge < -0.3 is 15.7 Å². The molecule has 2 aliphatic carbocycles. The number of aromatic hydroxyl groups is 1. The van der Waals surface area contributed by atoms with E-state index in [1.165, 1.54) is 6.07 Å². The molecule has 0 radical (unpaired) electrons. The lowest BCUT2D eigenvalue weighted by atomic mass is 9.79. The molecule has 3 rings (SSSR count). The lowest BCUT2D eigenvalue weighted by molar-refractivity contribution is -0.117. The first-order valence-corrected chi connectivity index (χ1v) is 8.81. The molecule has 0 bridgehead atoms. The summed E-state index contributed by atoms with van der Waals surface area (Å²) in [7, 11) is 0. The van der Waals surface area contributed by atoms with Gasteiger partial charge in [-0.1, -0.05) is 12.8 Å². The molecule has 0 saturated heterocycles. The first-order valence-electron chi connectivity index (χ1n) is 8.81. The van der Waals surface area contributed by atoms with E-state index in [4.69, 9.17) is 0 Å². The fourth-order valence-corrected chi connectivity index (χ4v) is 3.35. The number of benzene rings is 1. The summed E-state index contributed by atoms with van der Waals surface area (Å²) >= 11 is 0. The van der Waals surface area contributed by atoms with Crippen molar-refractivity contribution in [2.24, 2.45) is 0 Å². The van der Waals surface area contributed by atoms with Crippen LogP contribution in [0, 0.1) is 11.3 Å². The summed E-state index contributed by atoms with van der Waals surface area (Å²) in [5.74, 6) is -0.529. The van der Waals surface area contributed by atoms with Crippen LogP contribution in [0.5, 0.6) is 5.75 Å². The van der Waals surface area contributed by atoms with Gasteiger partial charge in [0.25, 0.3) is 5.91 Å². The summed E-state index contributed by atoms with van der Waals surface area (Å²) in [6.45, 7) is 0.209. The van der Waals surface area contributed by atoms with Gasteiger partial charge in [0.05, 0.1) is 24.6 Å². The summed E-state index contributed by atoms with van der Waals surface area (Å²) in [5.41, 5.74) is 0.330. The van der Waals surface area contributed by atoms with Gasteiger partial charge in [-0.25, -0.2) is 0 Å². The smallest absolute Gasteiger partial charge is 0.251 e. The molecule has 6 heteroatoms. The van der Waals surface area contributed by atoms with Crippen LogP contribution in [0.1, 0.15) is 54.4 Å². The standard InChI is InChI=1S/C19H23N3O3/c20-12-19(5-1-2-6-19)14-7-13(8-16(23)9-14)18(25)22-11-17(24)10-21-15-3-4-15/h7-9,15,21,23H,1-6,10-11H2,(H,22,25). The third kappa shape index (κ3) is 4.18. The van der Waals surface area contributed by atoms with E-state index in [0.29, 0.717) is 11.6 Å². The normalized spacial score (nSPS) is 18.5. The number of ketones is 1. The number of carbonyl (C=O) groups is 2. The van der Waals surface area contributed by atoms with E-state index in [2.05, 4.69) is 16.7 Å². The predicted octanol–water partition coefficient (Wildman–Crippen LogP) is 1.78. The molecular weight excluding hydrogens is 318 g/mol. The van der Waals surface area contributed by atoms with Crippen LogP contribution in [0.4, 0.5) is 0 Å². The van der Waals surface area contributed by atoms with Crippen molar-refractivity contribution < 1.29 is 14.7 Å². The molecule has 0 heterocycles. The Morgan fingerprint density at radius 1 is 1.20 bits per heavy atom. The lowest BCUT2D eigenvalue weighted by Gasteiger charge is -2.21. The van der Waals surface area contributed by atoms with Gasteiger partial charge in [0.1, 0.15) is 5.75 Å². The highest BCUT2D eigenvalue weighted by molar-refractivity contribution is 5.97. The van der Waals surface area contributed by atoms with Crippen molar-refractivity contribution in [1.82, 2.24) is 10.6 Å². The number of phenols is 1. The summed E-state index contributed by atoms with van der Waals surface area (Å²) in [4.78, 5) is 24.1. The Kier molecular flexibility index (Phi) is 5.05. The van der Waals surface area contributed by atoms with Crippen LogP contribution < -0.4 is 10.6 Å². The minimum absolute atomic E-state index is 0.0362. The Hall–Kier alpha value is -2.39. The van der Waals surface area contributed by atoms with E-state index < -0.39 is 11.3 Å². The maximum Gasteiger partial charge on any atom is 0.251 e. The fraction of sp³-hybridized carbons (Fsp3) is 0.526. The van der Waals surface area contributed by atoms with Gasteiger partial charge in [0.2, 0.25) is 0 Å².